The van der Waals surface area contributed by atoms with Crippen LogP contribution < -0.4 is 10.6 Å². The number of carbonyl (C=O) groups is 1. The summed E-state index contributed by atoms with van der Waals surface area (Å²) in [5.41, 5.74) is 0. The summed E-state index contributed by atoms with van der Waals surface area (Å²) in [7, 11) is 3.72. The normalized spacial score (nSPS) is 18.0. The summed E-state index contributed by atoms with van der Waals surface area (Å²) >= 11 is 0. The van der Waals surface area contributed by atoms with Crippen LogP contribution >= 0.6 is 0 Å². The SMILES string of the molecule is CN1CCNCC1.CNC=O. The first kappa shape index (κ1) is 10.4. The number of hydrogen-bond acceptors (Lipinski definition) is 3. The molecular weight excluding hydrogens is 142 g/mol. The minimum Gasteiger partial charge on any atom is -0.362 e. The Morgan fingerprint density at radius 3 is 2.09 bits per heavy atom. The van der Waals surface area contributed by atoms with Gasteiger partial charge in [0.15, 0.2) is 0 Å². The topological polar surface area (TPSA) is 44.4 Å². The number of nitrogens with one attached hydrogen (secondary N) is 2. The van der Waals surface area contributed by atoms with Crippen LogP contribution in [0.25, 0.3) is 0 Å². The van der Waals surface area contributed by atoms with Crippen LogP contribution in [0.1, 0.15) is 0 Å². The van der Waals surface area contributed by atoms with Gasteiger partial charge in [-0.1, -0.05) is 0 Å². The molecule has 0 atom stereocenters. The molecule has 0 spiro atoms. The van der Waals surface area contributed by atoms with Crippen molar-refractivity contribution in [3.8, 4) is 0 Å². The number of amides is 1. The van der Waals surface area contributed by atoms with Crippen LogP contribution in [0, 0.1) is 0 Å². The van der Waals surface area contributed by atoms with Crippen LogP contribution in [-0.2, 0) is 4.79 Å². The maximum Gasteiger partial charge on any atom is 0.206 e. The van der Waals surface area contributed by atoms with E-state index < -0.39 is 0 Å². The average molecular weight is 159 g/mol. The molecule has 2 N–H and O–H groups in total. The smallest absolute Gasteiger partial charge is 0.206 e. The van der Waals surface area contributed by atoms with E-state index in [1.807, 2.05) is 0 Å². The molecule has 0 unspecified atom stereocenters. The Balaban J connectivity index is 0.000000218. The Morgan fingerprint density at radius 1 is 1.45 bits per heavy atom. The standard InChI is InChI=1S/C5H12N2.C2H5NO/c1-7-4-2-6-3-5-7;1-3-2-4/h6H,2-5H2,1H3;2H,1H3,(H,3,4). The van der Waals surface area contributed by atoms with E-state index in [9.17, 15) is 0 Å². The minimum atomic E-state index is 0.625. The zero-order chi connectivity index (χ0) is 8.53. The molecule has 11 heavy (non-hydrogen) atoms. The quantitative estimate of drug-likeness (QED) is 0.477. The lowest BCUT2D eigenvalue weighted by Gasteiger charge is -2.21. The fourth-order valence-corrected chi connectivity index (χ4v) is 0.777. The van der Waals surface area contributed by atoms with Gasteiger partial charge in [-0.15, -0.1) is 0 Å². The Morgan fingerprint density at radius 2 is 1.91 bits per heavy atom. The van der Waals surface area contributed by atoms with E-state index in [4.69, 9.17) is 4.79 Å². The molecule has 1 amide bonds. The predicted molar refractivity (Wildman–Crippen MR) is 45.5 cm³/mol. The van der Waals surface area contributed by atoms with Gasteiger partial charge < -0.3 is 15.5 Å². The molecule has 0 aromatic heterocycles. The van der Waals surface area contributed by atoms with Gasteiger partial charge in [0.25, 0.3) is 0 Å². The predicted octanol–water partition coefficient (Wildman–Crippen LogP) is -1.12. The molecule has 4 nitrogen and oxygen atoms in total. The van der Waals surface area contributed by atoms with Crippen molar-refractivity contribution in [1.29, 1.82) is 0 Å². The summed E-state index contributed by atoms with van der Waals surface area (Å²) < 4.78 is 0. The molecule has 1 aliphatic heterocycles. The van der Waals surface area contributed by atoms with Crippen LogP contribution in [0.4, 0.5) is 0 Å². The Bertz CT molecular complexity index is 91.7. The lowest BCUT2D eigenvalue weighted by Crippen LogP contribution is -2.40. The lowest BCUT2D eigenvalue weighted by molar-refractivity contribution is -0.109. The van der Waals surface area contributed by atoms with Crippen LogP contribution in [0.15, 0.2) is 0 Å². The maximum atomic E-state index is 9.06. The van der Waals surface area contributed by atoms with Crippen LogP contribution in [0.3, 0.4) is 0 Å². The van der Waals surface area contributed by atoms with Crippen molar-refractivity contribution < 1.29 is 4.79 Å². The van der Waals surface area contributed by atoms with Crippen molar-refractivity contribution in [3.05, 3.63) is 0 Å². The van der Waals surface area contributed by atoms with Crippen LogP contribution in [0.2, 0.25) is 0 Å². The van der Waals surface area contributed by atoms with Gasteiger partial charge in [0.2, 0.25) is 6.41 Å². The van der Waals surface area contributed by atoms with Gasteiger partial charge >= 0.3 is 0 Å². The van der Waals surface area contributed by atoms with Crippen molar-refractivity contribution in [2.45, 2.75) is 0 Å². The second kappa shape index (κ2) is 7.50. The molecule has 1 aliphatic rings. The van der Waals surface area contributed by atoms with Gasteiger partial charge in [-0.3, -0.25) is 4.79 Å². The van der Waals surface area contributed by atoms with Gasteiger partial charge in [-0.2, -0.15) is 0 Å². The highest BCUT2D eigenvalue weighted by Gasteiger charge is 2.01. The monoisotopic (exact) mass is 159 g/mol. The first-order valence-corrected chi connectivity index (χ1v) is 3.81. The van der Waals surface area contributed by atoms with Crippen molar-refractivity contribution in [1.82, 2.24) is 15.5 Å². The summed E-state index contributed by atoms with van der Waals surface area (Å²) in [6.07, 6.45) is 0.625. The number of hydrogen-bond donors (Lipinski definition) is 2. The molecular formula is C7H17N3O. The Labute approximate surface area is 67.9 Å². The molecule has 1 heterocycles. The summed E-state index contributed by atoms with van der Waals surface area (Å²) in [6.45, 7) is 4.74. The van der Waals surface area contributed by atoms with Crippen LogP contribution in [0.5, 0.6) is 0 Å². The first-order valence-electron chi connectivity index (χ1n) is 3.81. The van der Waals surface area contributed by atoms with E-state index in [-0.39, 0.29) is 0 Å². The summed E-state index contributed by atoms with van der Waals surface area (Å²) in [5.74, 6) is 0. The van der Waals surface area contributed by atoms with Crippen molar-refractivity contribution in [3.63, 3.8) is 0 Å². The van der Waals surface area contributed by atoms with E-state index in [1.165, 1.54) is 13.1 Å². The van der Waals surface area contributed by atoms with Gasteiger partial charge in [-0.25, -0.2) is 0 Å². The third kappa shape index (κ3) is 7.29. The van der Waals surface area contributed by atoms with Gasteiger partial charge in [0.1, 0.15) is 0 Å². The number of nitrogens with zero attached hydrogens (tertiary/aromatic N) is 1. The molecule has 0 radical (unpaired) electrons. The molecule has 1 saturated heterocycles. The molecule has 1 rings (SSSR count). The largest absolute Gasteiger partial charge is 0.362 e. The molecule has 0 aliphatic carbocycles. The lowest BCUT2D eigenvalue weighted by atomic mass is 10.4. The highest BCUT2D eigenvalue weighted by Crippen LogP contribution is 1.82. The average Bonchev–Trinajstić information content (AvgIpc) is 2.07. The number of rotatable bonds is 1. The van der Waals surface area contributed by atoms with Crippen molar-refractivity contribution in [2.75, 3.05) is 40.3 Å². The molecule has 66 valence electrons. The Kier molecular flexibility index (Phi) is 7.08. The molecule has 0 bridgehead atoms. The molecule has 0 aromatic carbocycles. The van der Waals surface area contributed by atoms with E-state index in [0.29, 0.717) is 6.41 Å². The zero-order valence-corrected chi connectivity index (χ0v) is 7.26. The number of carbonyl (C=O) groups excluding carboxylic acids is 1. The van der Waals surface area contributed by atoms with E-state index in [1.54, 1.807) is 7.05 Å². The third-order valence-electron chi connectivity index (χ3n) is 1.46. The molecule has 4 heteroatoms. The summed E-state index contributed by atoms with van der Waals surface area (Å²) in [4.78, 5) is 11.4. The Hall–Kier alpha value is -0.610. The molecule has 0 aromatic rings. The minimum absolute atomic E-state index is 0.625. The second-order valence-corrected chi connectivity index (χ2v) is 2.46. The van der Waals surface area contributed by atoms with Crippen LogP contribution in [-0.4, -0.2) is 51.6 Å². The summed E-state index contributed by atoms with van der Waals surface area (Å²) in [6, 6.07) is 0. The maximum absolute atomic E-state index is 9.06. The second-order valence-electron chi connectivity index (χ2n) is 2.46. The number of likely N-dealkylation sites (N-methyl/N-ethyl adjacent to an activating group) is 1. The fourth-order valence-electron chi connectivity index (χ4n) is 0.777. The molecule has 0 saturated carbocycles. The summed E-state index contributed by atoms with van der Waals surface area (Å²) in [5, 5.41) is 5.52. The fraction of sp³-hybridized carbons (Fsp3) is 0.857. The van der Waals surface area contributed by atoms with Gasteiger partial charge in [-0.05, 0) is 7.05 Å². The highest BCUT2D eigenvalue weighted by atomic mass is 16.1. The number of piperazine rings is 1. The van der Waals surface area contributed by atoms with E-state index >= 15 is 0 Å². The van der Waals surface area contributed by atoms with E-state index in [0.717, 1.165) is 13.1 Å². The highest BCUT2D eigenvalue weighted by molar-refractivity contribution is 5.44. The molecule has 1 fully saturated rings. The van der Waals surface area contributed by atoms with Crippen molar-refractivity contribution in [2.24, 2.45) is 0 Å². The van der Waals surface area contributed by atoms with Gasteiger partial charge in [0.05, 0.1) is 0 Å². The van der Waals surface area contributed by atoms with Gasteiger partial charge in [0, 0.05) is 33.2 Å². The third-order valence-corrected chi connectivity index (χ3v) is 1.46. The zero-order valence-electron chi connectivity index (χ0n) is 7.26. The van der Waals surface area contributed by atoms with E-state index in [2.05, 4.69) is 22.6 Å². The first-order chi connectivity index (χ1) is 5.31. The van der Waals surface area contributed by atoms with Crippen molar-refractivity contribution >= 4 is 6.41 Å².